The number of esters is 1. The average molecular weight is 734 g/mol. The number of amides is 2. The first kappa shape index (κ1) is 40.9. The summed E-state index contributed by atoms with van der Waals surface area (Å²) in [6.07, 6.45) is -6.56. The van der Waals surface area contributed by atoms with Crippen molar-refractivity contribution in [3.05, 3.63) is 108 Å². The number of carbonyl (C=O) groups is 3. The molecule has 0 radical (unpaired) electrons. The second-order valence-electron chi connectivity index (χ2n) is 14.4. The fourth-order valence-electron chi connectivity index (χ4n) is 5.24. The summed E-state index contributed by atoms with van der Waals surface area (Å²) >= 11 is 0. The Morgan fingerprint density at radius 1 is 0.623 bits per heavy atom. The molecule has 53 heavy (non-hydrogen) atoms. The molecule has 13 heteroatoms. The van der Waals surface area contributed by atoms with Gasteiger partial charge in [0.1, 0.15) is 35.6 Å². The molecule has 0 aliphatic carbocycles. The number of ether oxygens (including phenoxy) is 7. The Hall–Kier alpha value is -4.82. The molecule has 4 rings (SSSR count). The summed E-state index contributed by atoms with van der Waals surface area (Å²) < 4.78 is 42.6. The van der Waals surface area contributed by atoms with Crippen LogP contribution in [0.5, 0.6) is 0 Å². The molecular formula is C40H51N3O10. The van der Waals surface area contributed by atoms with Gasteiger partial charge < -0.3 is 33.2 Å². The number of guanidine groups is 1. The summed E-state index contributed by atoms with van der Waals surface area (Å²) in [5, 5.41) is 4.98. The van der Waals surface area contributed by atoms with E-state index in [2.05, 4.69) is 15.6 Å². The first-order valence-electron chi connectivity index (χ1n) is 17.5. The van der Waals surface area contributed by atoms with Crippen molar-refractivity contribution in [3.8, 4) is 0 Å². The lowest BCUT2D eigenvalue weighted by molar-refractivity contribution is -0.312. The number of hydrogen-bond donors (Lipinski definition) is 2. The SMILES string of the molecule is CC(=O)O[C@H]1O[C@H](CN=C(NC(=O)OC(C)(C)C)NC(=O)OC(C)(C)C)[C@@H](OCc2ccccc2)[C@H](OCc2ccccc2)[C@H]1OCc1ccccc1. The van der Waals surface area contributed by atoms with E-state index in [9.17, 15) is 14.4 Å². The van der Waals surface area contributed by atoms with Gasteiger partial charge >= 0.3 is 18.2 Å². The first-order valence-corrected chi connectivity index (χ1v) is 17.5. The summed E-state index contributed by atoms with van der Waals surface area (Å²) in [6, 6.07) is 28.7. The zero-order chi connectivity index (χ0) is 38.4. The number of nitrogens with one attached hydrogen (secondary N) is 2. The van der Waals surface area contributed by atoms with Gasteiger partial charge in [-0.15, -0.1) is 0 Å². The van der Waals surface area contributed by atoms with E-state index in [1.165, 1.54) is 6.92 Å². The summed E-state index contributed by atoms with van der Waals surface area (Å²) in [7, 11) is 0. The first-order chi connectivity index (χ1) is 25.1. The van der Waals surface area contributed by atoms with Gasteiger partial charge in [-0.05, 0) is 58.2 Å². The van der Waals surface area contributed by atoms with Crippen LogP contribution >= 0.6 is 0 Å². The van der Waals surface area contributed by atoms with Crippen molar-refractivity contribution in [2.45, 2.75) is 110 Å². The highest BCUT2D eigenvalue weighted by atomic mass is 16.7. The number of aliphatic imine (C=N–C) groups is 1. The van der Waals surface area contributed by atoms with Crippen molar-refractivity contribution < 1.29 is 47.5 Å². The van der Waals surface area contributed by atoms with Crippen LogP contribution in [0, 0.1) is 0 Å². The van der Waals surface area contributed by atoms with Crippen LogP contribution < -0.4 is 10.6 Å². The number of carbonyl (C=O) groups excluding carboxylic acids is 3. The van der Waals surface area contributed by atoms with Gasteiger partial charge in [0.05, 0.1) is 26.4 Å². The minimum absolute atomic E-state index is 0.163. The summed E-state index contributed by atoms with van der Waals surface area (Å²) in [5.41, 5.74) is 1.000. The molecule has 1 aliphatic rings. The number of benzene rings is 3. The van der Waals surface area contributed by atoms with E-state index < -0.39 is 60.1 Å². The average Bonchev–Trinajstić information content (AvgIpc) is 3.08. The van der Waals surface area contributed by atoms with Crippen LogP contribution in [-0.2, 0) is 57.8 Å². The smallest absolute Gasteiger partial charge is 0.414 e. The van der Waals surface area contributed by atoms with Gasteiger partial charge in [-0.2, -0.15) is 0 Å². The monoisotopic (exact) mass is 733 g/mol. The molecule has 0 unspecified atom stereocenters. The molecule has 3 aromatic rings. The maximum atomic E-state index is 12.8. The minimum Gasteiger partial charge on any atom is -0.444 e. The lowest BCUT2D eigenvalue weighted by Gasteiger charge is -2.45. The molecule has 5 atom stereocenters. The third-order valence-electron chi connectivity index (χ3n) is 7.40. The molecule has 0 saturated carbocycles. The van der Waals surface area contributed by atoms with Crippen LogP contribution in [0.25, 0.3) is 0 Å². The second-order valence-corrected chi connectivity index (χ2v) is 14.4. The van der Waals surface area contributed by atoms with E-state index in [-0.39, 0.29) is 32.3 Å². The highest BCUT2D eigenvalue weighted by molar-refractivity contribution is 6.01. The fraction of sp³-hybridized carbons (Fsp3) is 0.450. The van der Waals surface area contributed by atoms with E-state index in [1.807, 2.05) is 91.0 Å². The summed E-state index contributed by atoms with van der Waals surface area (Å²) in [6.45, 7) is 11.8. The van der Waals surface area contributed by atoms with Crippen molar-refractivity contribution in [3.63, 3.8) is 0 Å². The molecule has 1 saturated heterocycles. The van der Waals surface area contributed by atoms with E-state index >= 15 is 0 Å². The minimum atomic E-state index is -1.24. The van der Waals surface area contributed by atoms with Crippen molar-refractivity contribution >= 4 is 24.1 Å². The molecule has 0 aromatic heterocycles. The van der Waals surface area contributed by atoms with Crippen molar-refractivity contribution in [1.29, 1.82) is 0 Å². The highest BCUT2D eigenvalue weighted by Gasteiger charge is 2.50. The zero-order valence-electron chi connectivity index (χ0n) is 31.4. The molecule has 0 bridgehead atoms. The number of hydrogen-bond acceptors (Lipinski definition) is 11. The van der Waals surface area contributed by atoms with Crippen molar-refractivity contribution in [1.82, 2.24) is 10.6 Å². The summed E-state index contributed by atoms with van der Waals surface area (Å²) in [5.74, 6) is -0.859. The Morgan fingerprint density at radius 2 is 1.02 bits per heavy atom. The molecule has 13 nitrogen and oxygen atoms in total. The Balaban J connectivity index is 1.72. The quantitative estimate of drug-likeness (QED) is 0.0922. The normalized spacial score (nSPS) is 20.1. The number of alkyl carbamates (subject to hydrolysis) is 2. The lowest BCUT2D eigenvalue weighted by atomic mass is 9.97. The maximum Gasteiger partial charge on any atom is 0.414 e. The van der Waals surface area contributed by atoms with Gasteiger partial charge in [0.2, 0.25) is 12.2 Å². The predicted octanol–water partition coefficient (Wildman–Crippen LogP) is 6.44. The Labute approximate surface area is 311 Å². The van der Waals surface area contributed by atoms with Crippen LogP contribution in [0.2, 0.25) is 0 Å². The standard InChI is InChI=1S/C40H51N3O10/c1-27(44)50-35-34(49-26-30-21-15-10-16-22-30)33(48-25-29-19-13-9-14-20-29)32(47-24-28-17-11-8-12-18-28)31(51-35)23-41-36(42-37(45)52-39(2,3)4)43-38(46)53-40(5,6)7/h8-22,31-35H,23-26H2,1-7H3,(H2,41,42,43,45,46)/t31-,32-,33+,34-,35+/m1/s1. The van der Waals surface area contributed by atoms with Crippen LogP contribution in [-0.4, -0.2) is 72.6 Å². The predicted molar refractivity (Wildman–Crippen MR) is 197 cm³/mol. The van der Waals surface area contributed by atoms with Crippen LogP contribution in [0.1, 0.15) is 65.2 Å². The molecule has 1 fully saturated rings. The second kappa shape index (κ2) is 19.3. The van der Waals surface area contributed by atoms with Gasteiger partial charge in [0, 0.05) is 6.92 Å². The largest absolute Gasteiger partial charge is 0.444 e. The Bertz CT molecular complexity index is 1590. The topological polar surface area (TPSA) is 152 Å². The molecular weight excluding hydrogens is 682 g/mol. The van der Waals surface area contributed by atoms with Gasteiger partial charge in [-0.3, -0.25) is 15.4 Å². The molecule has 3 aromatic carbocycles. The van der Waals surface area contributed by atoms with Crippen LogP contribution in [0.3, 0.4) is 0 Å². The Kier molecular flexibility index (Phi) is 14.9. The van der Waals surface area contributed by atoms with E-state index in [0.717, 1.165) is 16.7 Å². The molecule has 0 spiro atoms. The van der Waals surface area contributed by atoms with Gasteiger partial charge in [0.15, 0.2) is 0 Å². The molecule has 286 valence electrons. The van der Waals surface area contributed by atoms with E-state index in [1.54, 1.807) is 41.5 Å². The lowest BCUT2D eigenvalue weighted by Crippen LogP contribution is -2.62. The Morgan fingerprint density at radius 3 is 1.42 bits per heavy atom. The van der Waals surface area contributed by atoms with E-state index in [4.69, 9.17) is 33.2 Å². The van der Waals surface area contributed by atoms with Crippen molar-refractivity contribution in [2.75, 3.05) is 6.54 Å². The van der Waals surface area contributed by atoms with Gasteiger partial charge in [0.25, 0.3) is 0 Å². The molecule has 1 heterocycles. The molecule has 2 N–H and O–H groups in total. The zero-order valence-corrected chi connectivity index (χ0v) is 31.4. The highest BCUT2D eigenvalue weighted by Crippen LogP contribution is 2.31. The third kappa shape index (κ3) is 14.6. The molecule has 2 amide bonds. The maximum absolute atomic E-state index is 12.8. The number of rotatable bonds is 12. The molecule has 1 aliphatic heterocycles. The number of nitrogens with zero attached hydrogens (tertiary/aromatic N) is 1. The van der Waals surface area contributed by atoms with Crippen LogP contribution in [0.4, 0.5) is 9.59 Å². The van der Waals surface area contributed by atoms with E-state index in [0.29, 0.717) is 0 Å². The van der Waals surface area contributed by atoms with Gasteiger partial charge in [-0.25, -0.2) is 14.6 Å². The van der Waals surface area contributed by atoms with Crippen molar-refractivity contribution in [2.24, 2.45) is 4.99 Å². The fourth-order valence-corrected chi connectivity index (χ4v) is 5.24. The summed E-state index contributed by atoms with van der Waals surface area (Å²) in [4.78, 5) is 42.7. The van der Waals surface area contributed by atoms with Crippen LogP contribution in [0.15, 0.2) is 96.0 Å². The van der Waals surface area contributed by atoms with Gasteiger partial charge in [-0.1, -0.05) is 91.0 Å². The third-order valence-corrected chi connectivity index (χ3v) is 7.40.